The molecule has 4 aromatic rings. The highest BCUT2D eigenvalue weighted by atomic mass is 16.2. The Hall–Kier alpha value is -3.81. The zero-order valence-electron chi connectivity index (χ0n) is 18.4. The van der Waals surface area contributed by atoms with Gasteiger partial charge in [0, 0.05) is 55.9 Å². The Kier molecular flexibility index (Phi) is 3.88. The lowest BCUT2D eigenvalue weighted by Gasteiger charge is -2.17. The second kappa shape index (κ2) is 6.84. The molecule has 0 aromatic carbocycles. The summed E-state index contributed by atoms with van der Waals surface area (Å²) < 4.78 is 4.01. The van der Waals surface area contributed by atoms with Crippen molar-refractivity contribution in [2.45, 2.75) is 44.6 Å². The van der Waals surface area contributed by atoms with E-state index in [9.17, 15) is 4.79 Å². The molecular formula is C25H23N7O. The quantitative estimate of drug-likeness (QED) is 0.454. The number of carbonyl (C=O) groups excluding carboxylic acids is 1. The number of fused-ring (bicyclic) bond motifs is 8. The molecule has 1 amide bonds. The van der Waals surface area contributed by atoms with Crippen molar-refractivity contribution < 1.29 is 4.79 Å². The minimum absolute atomic E-state index is 0.0289. The van der Waals surface area contributed by atoms with Crippen LogP contribution in [0.4, 0.5) is 5.82 Å². The third-order valence-electron chi connectivity index (χ3n) is 6.93. The van der Waals surface area contributed by atoms with Gasteiger partial charge in [-0.3, -0.25) is 18.8 Å². The summed E-state index contributed by atoms with van der Waals surface area (Å²) in [6, 6.07) is 7.97. The Bertz CT molecular complexity index is 1470. The van der Waals surface area contributed by atoms with Gasteiger partial charge < -0.3 is 0 Å². The van der Waals surface area contributed by atoms with Crippen LogP contribution < -0.4 is 4.90 Å². The smallest absolute Gasteiger partial charge is 0.228 e. The van der Waals surface area contributed by atoms with Crippen molar-refractivity contribution in [2.75, 3.05) is 11.9 Å². The Balaban J connectivity index is 1.48. The molecule has 0 radical (unpaired) electrons. The molecule has 4 bridgehead atoms. The minimum atomic E-state index is 0.0289. The second-order valence-electron chi connectivity index (χ2n) is 9.15. The van der Waals surface area contributed by atoms with Crippen LogP contribution in [-0.2, 0) is 17.8 Å². The first kappa shape index (κ1) is 18.7. The van der Waals surface area contributed by atoms with Crippen molar-refractivity contribution in [3.8, 4) is 11.4 Å². The third kappa shape index (κ3) is 2.86. The van der Waals surface area contributed by atoms with Crippen molar-refractivity contribution in [1.29, 1.82) is 0 Å². The van der Waals surface area contributed by atoms with Gasteiger partial charge in [-0.1, -0.05) is 12.1 Å². The molecular weight excluding hydrogens is 414 g/mol. The summed E-state index contributed by atoms with van der Waals surface area (Å²) in [6.07, 6.45) is 10.7. The van der Waals surface area contributed by atoms with Gasteiger partial charge in [0.1, 0.15) is 17.0 Å². The maximum Gasteiger partial charge on any atom is 0.228 e. The zero-order valence-corrected chi connectivity index (χ0v) is 18.4. The number of hydrogen-bond donors (Lipinski definition) is 0. The van der Waals surface area contributed by atoms with Crippen molar-refractivity contribution in [1.82, 2.24) is 29.4 Å². The van der Waals surface area contributed by atoms with Crippen LogP contribution in [0.15, 0.2) is 42.7 Å². The molecule has 0 unspecified atom stereocenters. The van der Waals surface area contributed by atoms with Crippen LogP contribution in [0.2, 0.25) is 0 Å². The SMILES string of the molecule is CN1C(=O)CCCn2cc(c(C3CC3)n2)C2=CCc3nnc(cc32)-c2c1nc1ccccn21. The monoisotopic (exact) mass is 437 g/mol. The normalized spacial score (nSPS) is 17.8. The highest BCUT2D eigenvalue weighted by Gasteiger charge is 2.33. The number of amides is 1. The van der Waals surface area contributed by atoms with Gasteiger partial charge in [0.25, 0.3) is 0 Å². The molecule has 164 valence electrons. The molecule has 3 aliphatic rings. The van der Waals surface area contributed by atoms with Crippen molar-refractivity contribution >= 4 is 22.9 Å². The van der Waals surface area contributed by atoms with Crippen LogP contribution in [0, 0.1) is 0 Å². The Morgan fingerprint density at radius 1 is 1.12 bits per heavy atom. The summed E-state index contributed by atoms with van der Waals surface area (Å²) in [6.45, 7) is 0.720. The lowest BCUT2D eigenvalue weighted by atomic mass is 9.99. The number of aromatic nitrogens is 6. The fourth-order valence-electron chi connectivity index (χ4n) is 5.03. The van der Waals surface area contributed by atoms with Crippen LogP contribution in [0.25, 0.3) is 22.6 Å². The molecule has 0 saturated heterocycles. The maximum absolute atomic E-state index is 13.1. The predicted octanol–water partition coefficient (Wildman–Crippen LogP) is 3.61. The molecule has 1 aliphatic heterocycles. The number of nitrogens with zero attached hydrogens (tertiary/aromatic N) is 7. The lowest BCUT2D eigenvalue weighted by molar-refractivity contribution is -0.118. The first-order valence-corrected chi connectivity index (χ1v) is 11.6. The summed E-state index contributed by atoms with van der Waals surface area (Å²) >= 11 is 0. The van der Waals surface area contributed by atoms with E-state index in [1.807, 2.05) is 33.5 Å². The molecule has 0 N–H and O–H groups in total. The number of aryl methyl sites for hydroxylation is 1. The van der Waals surface area contributed by atoms with Crippen LogP contribution in [0.1, 0.15) is 54.1 Å². The van der Waals surface area contributed by atoms with E-state index in [0.717, 1.165) is 42.0 Å². The van der Waals surface area contributed by atoms with E-state index in [4.69, 9.17) is 10.1 Å². The minimum Gasteiger partial charge on any atom is -0.298 e. The molecule has 8 nitrogen and oxygen atoms in total. The topological polar surface area (TPSA) is 81.2 Å². The molecule has 1 saturated carbocycles. The average molecular weight is 438 g/mol. The Morgan fingerprint density at radius 3 is 2.91 bits per heavy atom. The van der Waals surface area contributed by atoms with E-state index >= 15 is 0 Å². The van der Waals surface area contributed by atoms with Crippen LogP contribution >= 0.6 is 0 Å². The van der Waals surface area contributed by atoms with Gasteiger partial charge in [-0.05, 0) is 43.0 Å². The lowest BCUT2D eigenvalue weighted by Crippen LogP contribution is -2.27. The number of allylic oxidation sites excluding steroid dienone is 1. The van der Waals surface area contributed by atoms with Crippen LogP contribution in [0.3, 0.4) is 0 Å². The third-order valence-corrected chi connectivity index (χ3v) is 6.93. The van der Waals surface area contributed by atoms with Gasteiger partial charge in [-0.2, -0.15) is 10.2 Å². The van der Waals surface area contributed by atoms with E-state index in [1.165, 1.54) is 29.7 Å². The second-order valence-corrected chi connectivity index (χ2v) is 9.15. The van der Waals surface area contributed by atoms with E-state index in [2.05, 4.69) is 28.5 Å². The summed E-state index contributed by atoms with van der Waals surface area (Å²) in [7, 11) is 1.79. The largest absolute Gasteiger partial charge is 0.298 e. The Morgan fingerprint density at radius 2 is 2.03 bits per heavy atom. The fourth-order valence-corrected chi connectivity index (χ4v) is 5.03. The molecule has 33 heavy (non-hydrogen) atoms. The summed E-state index contributed by atoms with van der Waals surface area (Å²) in [5.41, 5.74) is 7.95. The molecule has 0 spiro atoms. The molecule has 2 aliphatic carbocycles. The van der Waals surface area contributed by atoms with Crippen molar-refractivity contribution in [3.63, 3.8) is 0 Å². The molecule has 0 atom stereocenters. The highest BCUT2D eigenvalue weighted by molar-refractivity contribution is 5.96. The van der Waals surface area contributed by atoms with E-state index < -0.39 is 0 Å². The standard InChI is InChI=1S/C25H23N7O/c1-30-22(33)6-4-11-31-14-18(23(29-31)15-7-8-15)16-9-10-19-17(16)13-20(28-27-19)24-25(30)26-21-5-2-3-12-32(21)24/h2-3,5,9,12-15H,4,6-8,10-11H2,1H3. The first-order chi connectivity index (χ1) is 16.2. The zero-order chi connectivity index (χ0) is 22.1. The number of imidazole rings is 1. The number of carbonyl (C=O) groups is 1. The van der Waals surface area contributed by atoms with Gasteiger partial charge in [-0.15, -0.1) is 5.10 Å². The molecule has 7 rings (SSSR count). The summed E-state index contributed by atoms with van der Waals surface area (Å²) in [4.78, 5) is 19.6. The van der Waals surface area contributed by atoms with Gasteiger partial charge in [0.05, 0.1) is 11.4 Å². The van der Waals surface area contributed by atoms with Gasteiger partial charge in [0.15, 0.2) is 5.82 Å². The predicted molar refractivity (Wildman–Crippen MR) is 124 cm³/mol. The van der Waals surface area contributed by atoms with Crippen LogP contribution in [0.5, 0.6) is 0 Å². The van der Waals surface area contributed by atoms with Gasteiger partial charge >= 0.3 is 0 Å². The van der Waals surface area contributed by atoms with E-state index in [0.29, 0.717) is 23.9 Å². The number of rotatable bonds is 1. The maximum atomic E-state index is 13.1. The van der Waals surface area contributed by atoms with E-state index in [1.54, 1.807) is 11.9 Å². The molecule has 4 aromatic heterocycles. The highest BCUT2D eigenvalue weighted by Crippen LogP contribution is 2.45. The van der Waals surface area contributed by atoms with E-state index in [-0.39, 0.29) is 5.91 Å². The number of anilines is 1. The number of hydrogen-bond acceptors (Lipinski definition) is 5. The van der Waals surface area contributed by atoms with Crippen LogP contribution in [-0.4, -0.2) is 42.3 Å². The van der Waals surface area contributed by atoms with Gasteiger partial charge in [0.2, 0.25) is 5.91 Å². The molecule has 1 fully saturated rings. The fraction of sp³-hybridized carbons (Fsp3) is 0.320. The summed E-state index contributed by atoms with van der Waals surface area (Å²) in [5.74, 6) is 1.17. The van der Waals surface area contributed by atoms with Crippen molar-refractivity contribution in [3.05, 3.63) is 65.2 Å². The van der Waals surface area contributed by atoms with Gasteiger partial charge in [-0.25, -0.2) is 4.98 Å². The number of pyridine rings is 1. The first-order valence-electron chi connectivity index (χ1n) is 11.6. The molecule has 5 heterocycles. The molecule has 8 heteroatoms. The summed E-state index contributed by atoms with van der Waals surface area (Å²) in [5, 5.41) is 14.1. The average Bonchev–Trinajstić information content (AvgIpc) is 3.28. The Labute approximate surface area is 190 Å². The van der Waals surface area contributed by atoms with Crippen molar-refractivity contribution in [2.24, 2.45) is 0 Å².